The van der Waals surface area contributed by atoms with Crippen molar-refractivity contribution in [3.63, 3.8) is 0 Å². The topological polar surface area (TPSA) is 58.5 Å². The molecular weight excluding hydrogens is 304 g/mol. The molecule has 4 N–H and O–H groups in total. The first-order valence-corrected chi connectivity index (χ1v) is 7.55. The Bertz CT molecular complexity index is 431. The summed E-state index contributed by atoms with van der Waals surface area (Å²) in [5.74, 6) is 0.462. The zero-order valence-corrected chi connectivity index (χ0v) is 13.3. The molecule has 0 aromatic rings. The van der Waals surface area contributed by atoms with E-state index in [4.69, 9.17) is 11.5 Å². The van der Waals surface area contributed by atoms with Crippen molar-refractivity contribution < 1.29 is 0 Å². The predicted molar refractivity (Wildman–Crippen MR) is 83.3 cm³/mol. The molecule has 19 heavy (non-hydrogen) atoms. The fourth-order valence-corrected chi connectivity index (χ4v) is 3.09. The summed E-state index contributed by atoms with van der Waals surface area (Å²) in [6.07, 6.45) is 5.35. The van der Waals surface area contributed by atoms with E-state index in [1.165, 1.54) is 0 Å². The van der Waals surface area contributed by atoms with Crippen LogP contribution in [0.4, 0.5) is 0 Å². The normalized spacial score (nSPS) is 35.9. The maximum atomic E-state index is 6.25. The van der Waals surface area contributed by atoms with Gasteiger partial charge >= 0.3 is 0 Å². The molecule has 1 unspecified atom stereocenters. The van der Waals surface area contributed by atoms with Crippen molar-refractivity contribution >= 4 is 15.9 Å². The van der Waals surface area contributed by atoms with Crippen LogP contribution in [0.25, 0.3) is 0 Å². The lowest BCUT2D eigenvalue weighted by Gasteiger charge is -2.36. The van der Waals surface area contributed by atoms with Crippen molar-refractivity contribution in [1.29, 1.82) is 0 Å². The van der Waals surface area contributed by atoms with Crippen molar-refractivity contribution in [3.05, 3.63) is 33.7 Å². The first-order chi connectivity index (χ1) is 8.99. The summed E-state index contributed by atoms with van der Waals surface area (Å²) in [4.78, 5) is 4.68. The number of allylic oxidation sites excluding steroid dienone is 3. The van der Waals surface area contributed by atoms with Crippen molar-refractivity contribution in [3.8, 4) is 0 Å². The minimum atomic E-state index is 0.462. The highest BCUT2D eigenvalue weighted by Gasteiger charge is 2.21. The second kappa shape index (κ2) is 6.01. The lowest BCUT2D eigenvalue weighted by atomic mass is 10.0. The number of piperazine rings is 1. The van der Waals surface area contributed by atoms with Crippen LogP contribution in [0.5, 0.6) is 0 Å². The smallest absolute Gasteiger partial charge is 0.0793 e. The first-order valence-electron chi connectivity index (χ1n) is 6.76. The van der Waals surface area contributed by atoms with Gasteiger partial charge in [0.15, 0.2) is 0 Å². The minimum absolute atomic E-state index is 0.462. The second-order valence-electron chi connectivity index (χ2n) is 5.43. The van der Waals surface area contributed by atoms with Crippen molar-refractivity contribution in [2.75, 3.05) is 33.2 Å². The van der Waals surface area contributed by atoms with Gasteiger partial charge in [-0.2, -0.15) is 0 Å². The first kappa shape index (κ1) is 14.5. The lowest BCUT2D eigenvalue weighted by Crippen LogP contribution is -2.45. The Hall–Kier alpha value is -0.940. The Morgan fingerprint density at radius 1 is 1.16 bits per heavy atom. The molecule has 1 saturated heterocycles. The van der Waals surface area contributed by atoms with Gasteiger partial charge in [-0.25, -0.2) is 0 Å². The Kier molecular flexibility index (Phi) is 4.58. The standard InChI is InChI=1S/C14H23BrN4/c1-10-3-4-12(14(17)13(16)11(15)9-10)19-7-5-18(2)6-8-19/h4,9-10H,3,5-8,16-17H2,1-2H3/b11-9+,12-4-,14-13-. The summed E-state index contributed by atoms with van der Waals surface area (Å²) in [5, 5.41) is 0. The Morgan fingerprint density at radius 3 is 2.42 bits per heavy atom. The predicted octanol–water partition coefficient (Wildman–Crippen LogP) is 1.57. The molecule has 106 valence electrons. The minimum Gasteiger partial charge on any atom is -0.396 e. The van der Waals surface area contributed by atoms with Gasteiger partial charge in [-0.15, -0.1) is 0 Å². The summed E-state index contributed by atoms with van der Waals surface area (Å²) in [7, 11) is 2.15. The monoisotopic (exact) mass is 326 g/mol. The van der Waals surface area contributed by atoms with Gasteiger partial charge in [0.1, 0.15) is 0 Å². The van der Waals surface area contributed by atoms with E-state index >= 15 is 0 Å². The Balaban J connectivity index is 2.27. The average Bonchev–Trinajstić information content (AvgIpc) is 2.38. The zero-order chi connectivity index (χ0) is 14.0. The number of rotatable bonds is 1. The third kappa shape index (κ3) is 3.34. The number of nitrogens with two attached hydrogens (primary N) is 2. The van der Waals surface area contributed by atoms with E-state index in [0.717, 1.165) is 42.8 Å². The summed E-state index contributed by atoms with van der Waals surface area (Å²) < 4.78 is 0.914. The molecule has 2 rings (SSSR count). The van der Waals surface area contributed by atoms with Gasteiger partial charge in [0.05, 0.1) is 17.1 Å². The molecule has 0 radical (unpaired) electrons. The van der Waals surface area contributed by atoms with Crippen LogP contribution in [-0.4, -0.2) is 43.0 Å². The quantitative estimate of drug-likeness (QED) is 0.767. The highest BCUT2D eigenvalue weighted by atomic mass is 79.9. The molecule has 0 saturated carbocycles. The van der Waals surface area contributed by atoms with Crippen LogP contribution in [0.3, 0.4) is 0 Å². The molecule has 1 fully saturated rings. The van der Waals surface area contributed by atoms with Crippen LogP contribution in [0.15, 0.2) is 33.7 Å². The van der Waals surface area contributed by atoms with Crippen molar-refractivity contribution in [1.82, 2.24) is 9.80 Å². The Labute approximate surface area is 123 Å². The molecule has 5 heteroatoms. The van der Waals surface area contributed by atoms with Gasteiger partial charge in [-0.1, -0.05) is 19.1 Å². The van der Waals surface area contributed by atoms with E-state index in [0.29, 0.717) is 17.3 Å². The molecule has 1 atom stereocenters. The van der Waals surface area contributed by atoms with Crippen LogP contribution < -0.4 is 11.5 Å². The SMILES string of the molecule is CC1\C=C(Br)/C(N)=C(N)\C(N2CCN(C)CC2)=C\C1. The molecule has 4 nitrogen and oxygen atoms in total. The molecule has 0 spiro atoms. The lowest BCUT2D eigenvalue weighted by molar-refractivity contribution is 0.188. The van der Waals surface area contributed by atoms with Gasteiger partial charge in [-0.3, -0.25) is 0 Å². The number of halogens is 1. The number of hydrogen-bond donors (Lipinski definition) is 2. The number of nitrogens with zero attached hydrogens (tertiary/aromatic N) is 2. The number of likely N-dealkylation sites (N-methyl/N-ethyl adjacent to an activating group) is 1. The fraction of sp³-hybridized carbons (Fsp3) is 0.571. The molecule has 1 aliphatic heterocycles. The average molecular weight is 327 g/mol. The highest BCUT2D eigenvalue weighted by Crippen LogP contribution is 2.27. The van der Waals surface area contributed by atoms with E-state index in [9.17, 15) is 0 Å². The molecule has 0 aromatic carbocycles. The molecule has 1 aliphatic carbocycles. The van der Waals surface area contributed by atoms with Crippen LogP contribution >= 0.6 is 15.9 Å². The highest BCUT2D eigenvalue weighted by molar-refractivity contribution is 9.12. The van der Waals surface area contributed by atoms with Gasteiger partial charge in [0.2, 0.25) is 0 Å². The fourth-order valence-electron chi connectivity index (χ4n) is 2.43. The third-order valence-electron chi connectivity index (χ3n) is 3.78. The molecular formula is C14H23BrN4. The van der Waals surface area contributed by atoms with Gasteiger partial charge < -0.3 is 21.3 Å². The van der Waals surface area contributed by atoms with Gasteiger partial charge in [0, 0.05) is 30.7 Å². The maximum Gasteiger partial charge on any atom is 0.0793 e. The maximum absolute atomic E-state index is 6.25. The van der Waals surface area contributed by atoms with Gasteiger partial charge in [0.25, 0.3) is 0 Å². The van der Waals surface area contributed by atoms with Gasteiger partial charge in [-0.05, 0) is 35.3 Å². The third-order valence-corrected chi connectivity index (χ3v) is 4.47. The van der Waals surface area contributed by atoms with Crippen LogP contribution in [0, 0.1) is 5.92 Å². The summed E-state index contributed by atoms with van der Waals surface area (Å²) in [5.41, 5.74) is 14.8. The van der Waals surface area contributed by atoms with Crippen LogP contribution in [0.1, 0.15) is 13.3 Å². The molecule has 2 aliphatic rings. The molecule has 1 heterocycles. The summed E-state index contributed by atoms with van der Waals surface area (Å²) in [6.45, 7) is 6.33. The van der Waals surface area contributed by atoms with E-state index in [2.05, 4.69) is 51.9 Å². The Morgan fingerprint density at radius 2 is 1.79 bits per heavy atom. The number of hydrogen-bond acceptors (Lipinski definition) is 4. The molecule has 0 bridgehead atoms. The van der Waals surface area contributed by atoms with E-state index in [-0.39, 0.29) is 0 Å². The molecule has 0 aromatic heterocycles. The zero-order valence-electron chi connectivity index (χ0n) is 11.7. The van der Waals surface area contributed by atoms with E-state index < -0.39 is 0 Å². The van der Waals surface area contributed by atoms with Crippen LogP contribution in [0.2, 0.25) is 0 Å². The van der Waals surface area contributed by atoms with Crippen molar-refractivity contribution in [2.45, 2.75) is 13.3 Å². The van der Waals surface area contributed by atoms with Crippen molar-refractivity contribution in [2.24, 2.45) is 17.4 Å². The summed E-state index contributed by atoms with van der Waals surface area (Å²) >= 11 is 3.52. The molecule has 0 amide bonds. The van der Waals surface area contributed by atoms with E-state index in [1.54, 1.807) is 0 Å². The van der Waals surface area contributed by atoms with Crippen LogP contribution in [-0.2, 0) is 0 Å². The second-order valence-corrected chi connectivity index (χ2v) is 6.29. The largest absolute Gasteiger partial charge is 0.396 e. The van der Waals surface area contributed by atoms with E-state index in [1.807, 2.05) is 0 Å². The summed E-state index contributed by atoms with van der Waals surface area (Å²) in [6, 6.07) is 0.